The second-order valence-electron chi connectivity index (χ2n) is 5.29. The number of carbonyl (C=O) groups excluding carboxylic acids is 1. The van der Waals surface area contributed by atoms with Crippen molar-refractivity contribution in [2.45, 2.75) is 6.61 Å². The Kier molecular flexibility index (Phi) is 6.21. The van der Waals surface area contributed by atoms with Crippen LogP contribution in [0.5, 0.6) is 0 Å². The van der Waals surface area contributed by atoms with E-state index in [1.165, 1.54) is 32.0 Å². The van der Waals surface area contributed by atoms with Crippen molar-refractivity contribution in [1.82, 2.24) is 19.9 Å². The molecule has 0 radical (unpaired) electrons. The second kappa shape index (κ2) is 9.19. The summed E-state index contributed by atoms with van der Waals surface area (Å²) in [7, 11) is 1.30. The smallest absolute Gasteiger partial charge is 0.358 e. The molecule has 4 rings (SSSR count). The topological polar surface area (TPSA) is 124 Å². The Morgan fingerprint density at radius 1 is 0.964 bits per heavy atom. The lowest BCUT2D eigenvalue weighted by atomic mass is 10.3. The van der Waals surface area contributed by atoms with Gasteiger partial charge in [0, 0.05) is 0 Å². The van der Waals surface area contributed by atoms with E-state index in [0.29, 0.717) is 28.6 Å². The van der Waals surface area contributed by atoms with Gasteiger partial charge in [-0.15, -0.1) is 0 Å². The van der Waals surface area contributed by atoms with Gasteiger partial charge in [-0.1, -0.05) is 0 Å². The van der Waals surface area contributed by atoms with Crippen molar-refractivity contribution in [3.05, 3.63) is 73.0 Å². The maximum Gasteiger partial charge on any atom is 0.358 e. The highest BCUT2D eigenvalue weighted by molar-refractivity contribution is 5.87. The van der Waals surface area contributed by atoms with Crippen molar-refractivity contribution in [3.63, 3.8) is 0 Å². The molecule has 0 aliphatic carbocycles. The van der Waals surface area contributed by atoms with Gasteiger partial charge in [-0.25, -0.2) is 14.8 Å². The van der Waals surface area contributed by atoms with Gasteiger partial charge in [0.2, 0.25) is 0 Å². The van der Waals surface area contributed by atoms with Gasteiger partial charge in [-0.05, 0) is 24.3 Å². The molecule has 0 aromatic carbocycles. The molecule has 0 aliphatic heterocycles. The van der Waals surface area contributed by atoms with Crippen LogP contribution in [0.3, 0.4) is 0 Å². The van der Waals surface area contributed by atoms with Crippen molar-refractivity contribution in [1.29, 1.82) is 0 Å². The van der Waals surface area contributed by atoms with Crippen molar-refractivity contribution >= 4 is 5.97 Å². The number of ether oxygens (including phenoxy) is 1. The van der Waals surface area contributed by atoms with E-state index >= 15 is 0 Å². The van der Waals surface area contributed by atoms with Gasteiger partial charge in [-0.2, -0.15) is 0 Å². The number of esters is 1. The van der Waals surface area contributed by atoms with Crippen LogP contribution in [0.4, 0.5) is 0 Å². The highest BCUT2D eigenvalue weighted by Gasteiger charge is 2.10. The molecular formula is C19H16N4O5. The van der Waals surface area contributed by atoms with Crippen LogP contribution in [0.25, 0.3) is 22.9 Å². The lowest BCUT2D eigenvalue weighted by molar-refractivity contribution is 0.0593. The molecule has 142 valence electrons. The highest BCUT2D eigenvalue weighted by Crippen LogP contribution is 2.17. The van der Waals surface area contributed by atoms with Crippen molar-refractivity contribution in [2.75, 3.05) is 7.11 Å². The summed E-state index contributed by atoms with van der Waals surface area (Å²) in [4.78, 5) is 27.2. The first-order valence-corrected chi connectivity index (χ1v) is 8.11. The van der Waals surface area contributed by atoms with E-state index in [2.05, 4.69) is 24.7 Å². The SMILES string of the molecule is COC(=O)c1cncc(-c2ccco2)n1.OCc1cncc(-c2ccco2)n1. The molecule has 0 fully saturated rings. The Morgan fingerprint density at radius 3 is 2.11 bits per heavy atom. The van der Waals surface area contributed by atoms with Crippen LogP contribution in [0, 0.1) is 0 Å². The molecule has 28 heavy (non-hydrogen) atoms. The molecule has 4 aromatic heterocycles. The van der Waals surface area contributed by atoms with Gasteiger partial charge in [0.05, 0.1) is 56.7 Å². The van der Waals surface area contributed by atoms with Gasteiger partial charge in [-0.3, -0.25) is 9.97 Å². The fourth-order valence-electron chi connectivity index (χ4n) is 2.14. The molecule has 9 nitrogen and oxygen atoms in total. The Hall–Kier alpha value is -3.85. The number of carbonyl (C=O) groups is 1. The molecule has 0 atom stereocenters. The van der Waals surface area contributed by atoms with Crippen LogP contribution >= 0.6 is 0 Å². The maximum atomic E-state index is 11.2. The molecule has 1 N–H and O–H groups in total. The van der Waals surface area contributed by atoms with Crippen LogP contribution in [0.2, 0.25) is 0 Å². The van der Waals surface area contributed by atoms with E-state index in [1.54, 1.807) is 36.7 Å². The fraction of sp³-hybridized carbons (Fsp3) is 0.105. The van der Waals surface area contributed by atoms with Crippen LogP contribution < -0.4 is 0 Å². The molecule has 0 amide bonds. The lowest BCUT2D eigenvalue weighted by Crippen LogP contribution is -2.05. The number of aliphatic hydroxyl groups is 1. The van der Waals surface area contributed by atoms with Crippen molar-refractivity contribution in [3.8, 4) is 22.9 Å². The summed E-state index contributed by atoms with van der Waals surface area (Å²) in [5.41, 5.74) is 1.83. The predicted molar refractivity (Wildman–Crippen MR) is 96.7 cm³/mol. The normalized spacial score (nSPS) is 10.1. The number of furan rings is 2. The minimum Gasteiger partial charge on any atom is -0.464 e. The molecule has 0 aliphatic rings. The quantitative estimate of drug-likeness (QED) is 0.532. The first kappa shape index (κ1) is 18.9. The summed E-state index contributed by atoms with van der Waals surface area (Å²) in [6.45, 7) is -0.110. The summed E-state index contributed by atoms with van der Waals surface area (Å²) in [6, 6.07) is 7.06. The summed E-state index contributed by atoms with van der Waals surface area (Å²) < 4.78 is 14.8. The fourth-order valence-corrected chi connectivity index (χ4v) is 2.14. The molecule has 0 saturated carbocycles. The number of hydrogen-bond donors (Lipinski definition) is 1. The summed E-state index contributed by atoms with van der Waals surface area (Å²) in [5, 5.41) is 8.83. The second-order valence-corrected chi connectivity index (χ2v) is 5.29. The lowest BCUT2D eigenvalue weighted by Gasteiger charge is -1.99. The molecule has 0 saturated heterocycles. The predicted octanol–water partition coefficient (Wildman–Crippen LogP) is 2.75. The highest BCUT2D eigenvalue weighted by atomic mass is 16.5. The van der Waals surface area contributed by atoms with Crippen LogP contribution in [-0.2, 0) is 11.3 Å². The summed E-state index contributed by atoms with van der Waals surface area (Å²) in [6.07, 6.45) is 9.08. The summed E-state index contributed by atoms with van der Waals surface area (Å²) in [5.74, 6) is 0.701. The zero-order chi connectivity index (χ0) is 19.8. The van der Waals surface area contributed by atoms with E-state index < -0.39 is 5.97 Å². The molecule has 0 bridgehead atoms. The Balaban J connectivity index is 0.000000162. The molecular weight excluding hydrogens is 364 g/mol. The van der Waals surface area contributed by atoms with Crippen molar-refractivity contribution < 1.29 is 23.5 Å². The average Bonchev–Trinajstić information content (AvgIpc) is 3.48. The number of nitrogens with zero attached hydrogens (tertiary/aromatic N) is 4. The molecule has 0 unspecified atom stereocenters. The first-order chi connectivity index (χ1) is 13.7. The zero-order valence-corrected chi connectivity index (χ0v) is 14.8. The van der Waals surface area contributed by atoms with Crippen LogP contribution in [-0.4, -0.2) is 38.1 Å². The van der Waals surface area contributed by atoms with Crippen LogP contribution in [0.15, 0.2) is 70.4 Å². The third kappa shape index (κ3) is 4.65. The Morgan fingerprint density at radius 2 is 1.57 bits per heavy atom. The number of rotatable bonds is 4. The van der Waals surface area contributed by atoms with Crippen molar-refractivity contribution in [2.24, 2.45) is 0 Å². The number of aliphatic hydroxyl groups excluding tert-OH is 1. The van der Waals surface area contributed by atoms with Crippen LogP contribution in [0.1, 0.15) is 16.2 Å². The Bertz CT molecular complexity index is 1020. The third-order valence-corrected chi connectivity index (χ3v) is 3.42. The minimum atomic E-state index is -0.518. The average molecular weight is 380 g/mol. The number of hydrogen-bond acceptors (Lipinski definition) is 9. The zero-order valence-electron chi connectivity index (χ0n) is 14.8. The number of methoxy groups -OCH3 is 1. The monoisotopic (exact) mass is 380 g/mol. The van der Waals surface area contributed by atoms with Gasteiger partial charge in [0.1, 0.15) is 11.4 Å². The summed E-state index contributed by atoms with van der Waals surface area (Å²) >= 11 is 0. The van der Waals surface area contributed by atoms with E-state index in [4.69, 9.17) is 13.9 Å². The van der Waals surface area contributed by atoms with E-state index in [9.17, 15) is 4.79 Å². The molecule has 4 aromatic rings. The van der Waals surface area contributed by atoms with E-state index in [-0.39, 0.29) is 12.3 Å². The number of aromatic nitrogens is 4. The van der Waals surface area contributed by atoms with Gasteiger partial charge < -0.3 is 18.7 Å². The first-order valence-electron chi connectivity index (χ1n) is 8.11. The molecule has 4 heterocycles. The third-order valence-electron chi connectivity index (χ3n) is 3.42. The maximum absolute atomic E-state index is 11.2. The minimum absolute atomic E-state index is 0.110. The molecule has 0 spiro atoms. The van der Waals surface area contributed by atoms with Gasteiger partial charge in [0.15, 0.2) is 17.2 Å². The van der Waals surface area contributed by atoms with Gasteiger partial charge >= 0.3 is 5.97 Å². The molecule has 9 heteroatoms. The Labute approximate surface area is 159 Å². The van der Waals surface area contributed by atoms with Gasteiger partial charge in [0.25, 0.3) is 0 Å². The van der Waals surface area contributed by atoms with E-state index in [0.717, 1.165) is 0 Å². The largest absolute Gasteiger partial charge is 0.464 e. The standard InChI is InChI=1S/C10H8N2O3.C9H8N2O2/c1-14-10(13)8-6-11-5-7(12-8)9-3-2-4-15-9;12-6-7-4-10-5-8(11-7)9-2-1-3-13-9/h2-6H,1H3;1-5,12H,6H2. The van der Waals surface area contributed by atoms with E-state index in [1.807, 2.05) is 0 Å².